The Labute approximate surface area is 96.0 Å². The van der Waals surface area contributed by atoms with Crippen LogP contribution in [0.5, 0.6) is 0 Å². The molecule has 0 N–H and O–H groups in total. The monoisotopic (exact) mass is 251 g/mol. The zero-order valence-corrected chi connectivity index (χ0v) is 9.32. The highest BCUT2D eigenvalue weighted by molar-refractivity contribution is 5.81. The predicted molar refractivity (Wildman–Crippen MR) is 51.9 cm³/mol. The van der Waals surface area contributed by atoms with Crippen LogP contribution in [-0.2, 0) is 14.3 Å². The van der Waals surface area contributed by atoms with E-state index in [2.05, 4.69) is 4.74 Å². The lowest BCUT2D eigenvalue weighted by molar-refractivity contribution is -0.203. The van der Waals surface area contributed by atoms with E-state index in [1.807, 2.05) is 0 Å². The molecule has 4 nitrogen and oxygen atoms in total. The second-order valence-corrected chi connectivity index (χ2v) is 3.90. The van der Waals surface area contributed by atoms with E-state index in [0.717, 1.165) is 0 Å². The normalized spacial score (nSPS) is 23.6. The third-order valence-corrected chi connectivity index (χ3v) is 2.29. The average Bonchev–Trinajstić information content (AvgIpc) is 2.63. The molecule has 0 saturated heterocycles. The quantitative estimate of drug-likeness (QED) is 0.546. The maximum Gasteiger partial charge on any atom is 0.490 e. The summed E-state index contributed by atoms with van der Waals surface area (Å²) in [5, 5.41) is 0. The minimum Gasteiger partial charge on any atom is -0.451 e. The summed E-state index contributed by atoms with van der Waals surface area (Å²) in [7, 11) is 3.09. The second kappa shape index (κ2) is 4.77. The SMILES string of the molecule is CN(C)C(=O)[C@H]1C=C[C@H](OC(=O)C(F)(F)F)C1. The lowest BCUT2D eigenvalue weighted by Crippen LogP contribution is -2.31. The summed E-state index contributed by atoms with van der Waals surface area (Å²) in [5.41, 5.74) is 0. The van der Waals surface area contributed by atoms with Gasteiger partial charge in [0, 0.05) is 20.5 Å². The van der Waals surface area contributed by atoms with Gasteiger partial charge in [0.2, 0.25) is 5.91 Å². The highest BCUT2D eigenvalue weighted by Gasteiger charge is 2.43. The molecule has 1 amide bonds. The number of carbonyl (C=O) groups is 2. The van der Waals surface area contributed by atoms with Crippen molar-refractivity contribution >= 4 is 11.9 Å². The molecular formula is C10H12F3NO3. The van der Waals surface area contributed by atoms with Crippen LogP contribution in [-0.4, -0.2) is 43.2 Å². The first-order valence-corrected chi connectivity index (χ1v) is 4.89. The van der Waals surface area contributed by atoms with E-state index in [0.29, 0.717) is 0 Å². The summed E-state index contributed by atoms with van der Waals surface area (Å²) in [5.74, 6) is -2.99. The number of amides is 1. The van der Waals surface area contributed by atoms with Crippen LogP contribution in [0.4, 0.5) is 13.2 Å². The van der Waals surface area contributed by atoms with Crippen LogP contribution in [0, 0.1) is 5.92 Å². The molecule has 96 valence electrons. The van der Waals surface area contributed by atoms with Gasteiger partial charge in [0.1, 0.15) is 6.10 Å². The zero-order chi connectivity index (χ0) is 13.2. The third kappa shape index (κ3) is 3.47. The van der Waals surface area contributed by atoms with E-state index in [9.17, 15) is 22.8 Å². The lowest BCUT2D eigenvalue weighted by Gasteiger charge is -2.17. The Hall–Kier alpha value is -1.53. The molecule has 1 aliphatic carbocycles. The van der Waals surface area contributed by atoms with Gasteiger partial charge in [0.25, 0.3) is 0 Å². The largest absolute Gasteiger partial charge is 0.490 e. The molecule has 0 aliphatic heterocycles. The van der Waals surface area contributed by atoms with Crippen LogP contribution >= 0.6 is 0 Å². The molecule has 0 aromatic rings. The Morgan fingerprint density at radius 2 is 1.88 bits per heavy atom. The van der Waals surface area contributed by atoms with Crippen LogP contribution in [0.2, 0.25) is 0 Å². The summed E-state index contributed by atoms with van der Waals surface area (Å²) in [4.78, 5) is 23.4. The van der Waals surface area contributed by atoms with Crippen molar-refractivity contribution in [2.24, 2.45) is 5.92 Å². The van der Waals surface area contributed by atoms with Crippen molar-refractivity contribution in [2.45, 2.75) is 18.7 Å². The minimum atomic E-state index is -5.00. The molecule has 0 heterocycles. The fourth-order valence-corrected chi connectivity index (χ4v) is 1.47. The molecule has 0 fully saturated rings. The van der Waals surface area contributed by atoms with Gasteiger partial charge in [-0.3, -0.25) is 4.79 Å². The van der Waals surface area contributed by atoms with Gasteiger partial charge in [-0.25, -0.2) is 4.79 Å². The molecule has 0 spiro atoms. The van der Waals surface area contributed by atoms with E-state index >= 15 is 0 Å². The molecule has 7 heteroatoms. The Morgan fingerprint density at radius 1 is 1.29 bits per heavy atom. The summed E-state index contributed by atoms with van der Waals surface area (Å²) >= 11 is 0. The second-order valence-electron chi connectivity index (χ2n) is 3.90. The van der Waals surface area contributed by atoms with Gasteiger partial charge < -0.3 is 9.64 Å². The molecule has 17 heavy (non-hydrogen) atoms. The molecule has 1 rings (SSSR count). The van der Waals surface area contributed by atoms with Gasteiger partial charge in [-0.05, 0) is 6.08 Å². The van der Waals surface area contributed by atoms with Crippen LogP contribution in [0.25, 0.3) is 0 Å². The third-order valence-electron chi connectivity index (χ3n) is 2.29. The summed E-state index contributed by atoms with van der Waals surface area (Å²) in [6, 6.07) is 0. The Morgan fingerprint density at radius 3 is 2.35 bits per heavy atom. The Kier molecular flexibility index (Phi) is 3.79. The van der Waals surface area contributed by atoms with Crippen molar-refractivity contribution in [1.82, 2.24) is 4.90 Å². The van der Waals surface area contributed by atoms with Crippen molar-refractivity contribution < 1.29 is 27.5 Å². The first-order chi connectivity index (χ1) is 7.71. The predicted octanol–water partition coefficient (Wildman–Crippen LogP) is 1.12. The number of rotatable bonds is 2. The molecule has 0 radical (unpaired) electrons. The van der Waals surface area contributed by atoms with Crippen molar-refractivity contribution in [3.63, 3.8) is 0 Å². The number of carbonyl (C=O) groups excluding carboxylic acids is 2. The molecule has 0 aromatic carbocycles. The summed E-state index contributed by atoms with van der Waals surface area (Å²) in [6.45, 7) is 0. The van der Waals surface area contributed by atoms with Gasteiger partial charge in [0.15, 0.2) is 0 Å². The number of hydrogen-bond acceptors (Lipinski definition) is 3. The van der Waals surface area contributed by atoms with E-state index in [-0.39, 0.29) is 12.3 Å². The van der Waals surface area contributed by atoms with Crippen LogP contribution in [0.3, 0.4) is 0 Å². The fourth-order valence-electron chi connectivity index (χ4n) is 1.47. The molecule has 0 bridgehead atoms. The highest BCUT2D eigenvalue weighted by atomic mass is 19.4. The van der Waals surface area contributed by atoms with Crippen molar-refractivity contribution in [3.05, 3.63) is 12.2 Å². The first kappa shape index (κ1) is 13.5. The maximum absolute atomic E-state index is 11.9. The smallest absolute Gasteiger partial charge is 0.451 e. The van der Waals surface area contributed by atoms with Gasteiger partial charge in [-0.1, -0.05) is 6.08 Å². The molecule has 0 saturated carbocycles. The van der Waals surface area contributed by atoms with E-state index < -0.39 is 24.2 Å². The number of nitrogens with zero attached hydrogens (tertiary/aromatic N) is 1. The van der Waals surface area contributed by atoms with Crippen LogP contribution in [0.1, 0.15) is 6.42 Å². The van der Waals surface area contributed by atoms with Crippen molar-refractivity contribution in [1.29, 1.82) is 0 Å². The molecule has 0 unspecified atom stereocenters. The molecule has 0 aromatic heterocycles. The number of esters is 1. The van der Waals surface area contributed by atoms with Crippen molar-refractivity contribution in [2.75, 3.05) is 14.1 Å². The van der Waals surface area contributed by atoms with Crippen molar-refractivity contribution in [3.8, 4) is 0 Å². The Bertz CT molecular complexity index is 349. The van der Waals surface area contributed by atoms with E-state index in [1.165, 1.54) is 17.1 Å². The summed E-state index contributed by atoms with van der Waals surface area (Å²) < 4.78 is 40.0. The van der Waals surface area contributed by atoms with Gasteiger partial charge in [-0.2, -0.15) is 13.2 Å². The summed E-state index contributed by atoms with van der Waals surface area (Å²) in [6.07, 6.45) is -3.18. The first-order valence-electron chi connectivity index (χ1n) is 4.89. The number of ether oxygens (including phenoxy) is 1. The molecule has 2 atom stereocenters. The lowest BCUT2D eigenvalue weighted by atomic mass is 10.1. The minimum absolute atomic E-state index is 0.0544. The number of hydrogen-bond donors (Lipinski definition) is 0. The average molecular weight is 251 g/mol. The highest BCUT2D eigenvalue weighted by Crippen LogP contribution is 2.25. The van der Waals surface area contributed by atoms with Gasteiger partial charge >= 0.3 is 12.1 Å². The maximum atomic E-state index is 11.9. The Balaban J connectivity index is 2.51. The van der Waals surface area contributed by atoms with Gasteiger partial charge in [-0.15, -0.1) is 0 Å². The molecule has 1 aliphatic rings. The van der Waals surface area contributed by atoms with E-state index in [4.69, 9.17) is 0 Å². The van der Waals surface area contributed by atoms with Crippen LogP contribution < -0.4 is 0 Å². The number of alkyl halides is 3. The standard InChI is InChI=1S/C10H12F3NO3/c1-14(2)8(15)6-3-4-7(5-6)17-9(16)10(11,12)13/h3-4,6-7H,5H2,1-2H3/t6-,7-/m0/s1. The van der Waals surface area contributed by atoms with Crippen LogP contribution in [0.15, 0.2) is 12.2 Å². The fraction of sp³-hybridized carbons (Fsp3) is 0.600. The van der Waals surface area contributed by atoms with E-state index in [1.54, 1.807) is 14.1 Å². The zero-order valence-electron chi connectivity index (χ0n) is 9.32. The number of halogens is 3. The topological polar surface area (TPSA) is 46.6 Å². The van der Waals surface area contributed by atoms with Gasteiger partial charge in [0.05, 0.1) is 5.92 Å². The molecular weight excluding hydrogens is 239 g/mol.